The van der Waals surface area contributed by atoms with Crippen molar-refractivity contribution in [3.63, 3.8) is 0 Å². The molecular formula is C15H11ClN4O3. The lowest BCUT2D eigenvalue weighted by atomic mass is 10.1. The molecule has 116 valence electrons. The quantitative estimate of drug-likeness (QED) is 0.793. The Labute approximate surface area is 135 Å². The highest BCUT2D eigenvalue weighted by Gasteiger charge is 2.17. The van der Waals surface area contributed by atoms with Crippen molar-refractivity contribution >= 4 is 17.6 Å². The Bertz CT molecular complexity index is 944. The molecule has 3 aromatic rings. The summed E-state index contributed by atoms with van der Waals surface area (Å²) in [5.41, 5.74) is -0.143. The van der Waals surface area contributed by atoms with Crippen molar-refractivity contribution in [2.45, 2.75) is 0 Å². The third kappa shape index (κ3) is 2.86. The number of halogens is 1. The van der Waals surface area contributed by atoms with E-state index in [1.54, 1.807) is 43.6 Å². The zero-order chi connectivity index (χ0) is 16.6. The highest BCUT2D eigenvalue weighted by Crippen LogP contribution is 2.20. The largest absolute Gasteiger partial charge is 0.477 e. The number of aromatic nitrogens is 4. The van der Waals surface area contributed by atoms with Crippen molar-refractivity contribution in [1.29, 1.82) is 0 Å². The molecule has 0 amide bonds. The molecule has 0 bridgehead atoms. The summed E-state index contributed by atoms with van der Waals surface area (Å²) in [5, 5.41) is 18.1. The minimum atomic E-state index is -1.32. The summed E-state index contributed by atoms with van der Waals surface area (Å²) in [6.07, 6.45) is 1.64. The van der Waals surface area contributed by atoms with Gasteiger partial charge < -0.3 is 5.11 Å². The molecule has 0 fully saturated rings. The predicted octanol–water partition coefficient (Wildman–Crippen LogP) is 1.98. The molecule has 0 atom stereocenters. The average molecular weight is 331 g/mol. The van der Waals surface area contributed by atoms with E-state index in [2.05, 4.69) is 10.2 Å². The summed E-state index contributed by atoms with van der Waals surface area (Å²) < 4.78 is 2.48. The second-order valence-electron chi connectivity index (χ2n) is 4.82. The Kier molecular flexibility index (Phi) is 3.71. The maximum Gasteiger partial charge on any atom is 0.341 e. The highest BCUT2D eigenvalue weighted by atomic mass is 35.5. The monoisotopic (exact) mass is 330 g/mol. The molecule has 0 saturated heterocycles. The van der Waals surface area contributed by atoms with Crippen LogP contribution in [0.3, 0.4) is 0 Å². The van der Waals surface area contributed by atoms with Crippen molar-refractivity contribution in [1.82, 2.24) is 19.6 Å². The first-order chi connectivity index (χ1) is 11.0. The van der Waals surface area contributed by atoms with Crippen molar-refractivity contribution in [3.05, 3.63) is 63.5 Å². The molecule has 0 radical (unpaired) electrons. The molecule has 7 nitrogen and oxygen atoms in total. The highest BCUT2D eigenvalue weighted by molar-refractivity contribution is 6.30. The van der Waals surface area contributed by atoms with Gasteiger partial charge in [-0.15, -0.1) is 0 Å². The summed E-state index contributed by atoms with van der Waals surface area (Å²) in [6.45, 7) is 0. The van der Waals surface area contributed by atoms with E-state index in [1.807, 2.05) is 0 Å². The van der Waals surface area contributed by atoms with Gasteiger partial charge in [-0.2, -0.15) is 14.9 Å². The molecule has 0 aliphatic carbocycles. The summed E-state index contributed by atoms with van der Waals surface area (Å²) in [6, 6.07) is 9.54. The lowest BCUT2D eigenvalue weighted by Crippen LogP contribution is -2.28. The van der Waals surface area contributed by atoms with Gasteiger partial charge in [0.1, 0.15) is 5.56 Å². The van der Waals surface area contributed by atoms with Gasteiger partial charge in [0.05, 0.1) is 5.69 Å². The standard InChI is InChI=1S/C15H11ClN4O3/c1-19-7-6-13(18-19)20-14(21)11(15(22)23)8-12(17-20)9-2-4-10(16)5-3-9/h2-8H,1H3,(H,22,23). The zero-order valence-corrected chi connectivity index (χ0v) is 12.7. The van der Waals surface area contributed by atoms with Crippen LogP contribution in [0, 0.1) is 0 Å². The van der Waals surface area contributed by atoms with E-state index in [-0.39, 0.29) is 11.4 Å². The van der Waals surface area contributed by atoms with Crippen LogP contribution in [0.2, 0.25) is 5.02 Å². The second-order valence-corrected chi connectivity index (χ2v) is 5.26. The topological polar surface area (TPSA) is 90.0 Å². The van der Waals surface area contributed by atoms with Crippen molar-refractivity contribution in [3.8, 4) is 17.1 Å². The fraction of sp³-hybridized carbons (Fsp3) is 0.0667. The number of hydrogen-bond acceptors (Lipinski definition) is 4. The SMILES string of the molecule is Cn1ccc(-n2nc(-c3ccc(Cl)cc3)cc(C(=O)O)c2=O)n1. The van der Waals surface area contributed by atoms with Crippen LogP contribution in [0.4, 0.5) is 0 Å². The van der Waals surface area contributed by atoms with E-state index in [4.69, 9.17) is 11.6 Å². The van der Waals surface area contributed by atoms with Crippen molar-refractivity contribution < 1.29 is 9.90 Å². The Hall–Kier alpha value is -2.93. The van der Waals surface area contributed by atoms with Gasteiger partial charge in [-0.25, -0.2) is 4.79 Å². The van der Waals surface area contributed by atoms with Crippen LogP contribution in [-0.4, -0.2) is 30.6 Å². The Morgan fingerprint density at radius 1 is 1.17 bits per heavy atom. The first kappa shape index (κ1) is 15.0. The van der Waals surface area contributed by atoms with Crippen LogP contribution >= 0.6 is 11.6 Å². The minimum Gasteiger partial charge on any atom is -0.477 e. The van der Waals surface area contributed by atoms with E-state index in [0.29, 0.717) is 16.3 Å². The fourth-order valence-corrected chi connectivity index (χ4v) is 2.21. The molecule has 2 aromatic heterocycles. The second kappa shape index (κ2) is 5.69. The molecule has 0 spiro atoms. The third-order valence-corrected chi connectivity index (χ3v) is 3.45. The maximum atomic E-state index is 12.3. The fourth-order valence-electron chi connectivity index (χ4n) is 2.08. The number of carboxylic acids is 1. The number of nitrogens with zero attached hydrogens (tertiary/aromatic N) is 4. The lowest BCUT2D eigenvalue weighted by molar-refractivity contribution is 0.0694. The maximum absolute atomic E-state index is 12.3. The Morgan fingerprint density at radius 2 is 1.87 bits per heavy atom. The zero-order valence-electron chi connectivity index (χ0n) is 12.0. The Morgan fingerprint density at radius 3 is 2.43 bits per heavy atom. The summed E-state index contributed by atoms with van der Waals surface area (Å²) in [5.74, 6) is -1.08. The molecule has 0 saturated carbocycles. The molecule has 0 unspecified atom stereocenters. The van der Waals surface area contributed by atoms with E-state index in [1.165, 1.54) is 10.7 Å². The van der Waals surface area contributed by atoms with Gasteiger partial charge in [0, 0.05) is 29.9 Å². The summed E-state index contributed by atoms with van der Waals surface area (Å²) >= 11 is 5.85. The van der Waals surface area contributed by atoms with Gasteiger partial charge in [-0.05, 0) is 18.2 Å². The number of carbonyl (C=O) groups is 1. The van der Waals surface area contributed by atoms with Crippen LogP contribution in [-0.2, 0) is 7.05 Å². The average Bonchev–Trinajstić information content (AvgIpc) is 2.94. The van der Waals surface area contributed by atoms with Crippen LogP contribution in [0.25, 0.3) is 17.1 Å². The number of aromatic carboxylic acids is 1. The van der Waals surface area contributed by atoms with Crippen LogP contribution in [0.5, 0.6) is 0 Å². The van der Waals surface area contributed by atoms with E-state index >= 15 is 0 Å². The predicted molar refractivity (Wildman–Crippen MR) is 84.0 cm³/mol. The van der Waals surface area contributed by atoms with Crippen molar-refractivity contribution in [2.75, 3.05) is 0 Å². The number of carboxylic acid groups (broad SMARTS) is 1. The normalized spacial score (nSPS) is 10.7. The van der Waals surface area contributed by atoms with Crippen LogP contribution < -0.4 is 5.56 Å². The van der Waals surface area contributed by atoms with Crippen molar-refractivity contribution in [2.24, 2.45) is 7.05 Å². The Balaban J connectivity index is 2.25. The smallest absolute Gasteiger partial charge is 0.341 e. The minimum absolute atomic E-state index is 0.246. The van der Waals surface area contributed by atoms with E-state index in [0.717, 1.165) is 4.68 Å². The third-order valence-electron chi connectivity index (χ3n) is 3.20. The molecule has 23 heavy (non-hydrogen) atoms. The summed E-state index contributed by atoms with van der Waals surface area (Å²) in [7, 11) is 1.69. The molecule has 1 aromatic carbocycles. The first-order valence-corrected chi connectivity index (χ1v) is 6.97. The first-order valence-electron chi connectivity index (χ1n) is 6.59. The summed E-state index contributed by atoms with van der Waals surface area (Å²) in [4.78, 5) is 23.7. The number of benzene rings is 1. The van der Waals surface area contributed by atoms with Crippen LogP contribution in [0.1, 0.15) is 10.4 Å². The van der Waals surface area contributed by atoms with Crippen LogP contribution in [0.15, 0.2) is 47.4 Å². The number of rotatable bonds is 3. The van der Waals surface area contributed by atoms with Gasteiger partial charge >= 0.3 is 5.97 Å². The number of hydrogen-bond donors (Lipinski definition) is 1. The molecule has 0 aliphatic rings. The van der Waals surface area contributed by atoms with E-state index < -0.39 is 11.5 Å². The molecule has 1 N–H and O–H groups in total. The van der Waals surface area contributed by atoms with E-state index in [9.17, 15) is 14.7 Å². The number of aryl methyl sites for hydroxylation is 1. The molecule has 3 rings (SSSR count). The van der Waals surface area contributed by atoms with Gasteiger partial charge in [-0.1, -0.05) is 23.7 Å². The van der Waals surface area contributed by atoms with Gasteiger partial charge in [0.2, 0.25) is 0 Å². The van der Waals surface area contributed by atoms with Gasteiger partial charge in [0.25, 0.3) is 5.56 Å². The molecule has 2 heterocycles. The molecular weight excluding hydrogens is 320 g/mol. The molecule has 8 heteroatoms. The van der Waals surface area contributed by atoms with Gasteiger partial charge in [0.15, 0.2) is 5.82 Å². The van der Waals surface area contributed by atoms with Gasteiger partial charge in [-0.3, -0.25) is 9.48 Å². The lowest BCUT2D eigenvalue weighted by Gasteiger charge is -2.07. The molecule has 0 aliphatic heterocycles.